The minimum absolute atomic E-state index is 0.144. The van der Waals surface area contributed by atoms with Crippen LogP contribution in [0.2, 0.25) is 0 Å². The second-order valence-corrected chi connectivity index (χ2v) is 6.38. The number of nitro groups is 1. The third-order valence-corrected chi connectivity index (χ3v) is 4.46. The fraction of sp³-hybridized carbons (Fsp3) is 0.533. The summed E-state index contributed by atoms with van der Waals surface area (Å²) in [5.41, 5.74) is 0.0208. The third kappa shape index (κ3) is 4.04. The van der Waals surface area contributed by atoms with Crippen LogP contribution in [-0.2, 0) is 0 Å². The van der Waals surface area contributed by atoms with Gasteiger partial charge in [-0.3, -0.25) is 14.9 Å². The third-order valence-electron chi connectivity index (χ3n) is 3.97. The molecule has 1 fully saturated rings. The number of nitro benzene ring substituents is 1. The van der Waals surface area contributed by atoms with Crippen molar-refractivity contribution in [2.45, 2.75) is 19.8 Å². The molecule has 0 aromatic heterocycles. The van der Waals surface area contributed by atoms with Gasteiger partial charge >= 0.3 is 0 Å². The van der Waals surface area contributed by atoms with Gasteiger partial charge in [-0.2, -0.15) is 0 Å². The monoisotopic (exact) mass is 369 g/mol. The maximum atomic E-state index is 12.5. The first-order valence-electron chi connectivity index (χ1n) is 7.46. The van der Waals surface area contributed by atoms with Crippen LogP contribution in [0.15, 0.2) is 22.7 Å². The van der Waals surface area contributed by atoms with Crippen molar-refractivity contribution in [3.05, 3.63) is 38.3 Å². The van der Waals surface area contributed by atoms with E-state index in [1.807, 2.05) is 0 Å². The van der Waals surface area contributed by atoms with Gasteiger partial charge < -0.3 is 10.2 Å². The molecule has 1 heterocycles. The van der Waals surface area contributed by atoms with Crippen molar-refractivity contribution in [3.63, 3.8) is 0 Å². The number of likely N-dealkylation sites (tertiary alicyclic amines) is 1. The Morgan fingerprint density at radius 1 is 1.45 bits per heavy atom. The van der Waals surface area contributed by atoms with E-state index in [0.29, 0.717) is 23.5 Å². The molecule has 22 heavy (non-hydrogen) atoms. The van der Waals surface area contributed by atoms with Crippen LogP contribution < -0.4 is 5.32 Å². The number of carbonyl (C=O) groups excluding carboxylic acids is 1. The van der Waals surface area contributed by atoms with Gasteiger partial charge in [-0.1, -0.05) is 22.9 Å². The molecular weight excluding hydrogens is 350 g/mol. The Hall–Kier alpha value is -1.47. The Balaban J connectivity index is 2.06. The highest BCUT2D eigenvalue weighted by Crippen LogP contribution is 2.26. The highest BCUT2D eigenvalue weighted by molar-refractivity contribution is 9.10. The molecule has 120 valence electrons. The van der Waals surface area contributed by atoms with Gasteiger partial charge in [0.25, 0.3) is 11.6 Å². The zero-order valence-electron chi connectivity index (χ0n) is 12.5. The molecule has 1 aromatic rings. The lowest BCUT2D eigenvalue weighted by molar-refractivity contribution is -0.385. The molecule has 1 aliphatic heterocycles. The Morgan fingerprint density at radius 3 is 2.73 bits per heavy atom. The van der Waals surface area contributed by atoms with Gasteiger partial charge in [-0.25, -0.2) is 0 Å². The summed E-state index contributed by atoms with van der Waals surface area (Å²) in [5.74, 6) is 0.324. The summed E-state index contributed by atoms with van der Waals surface area (Å²) >= 11 is 3.21. The van der Waals surface area contributed by atoms with Crippen LogP contribution in [0.3, 0.4) is 0 Å². The van der Waals surface area contributed by atoms with Gasteiger partial charge in [0.15, 0.2) is 0 Å². The predicted octanol–water partition coefficient (Wildman–Crippen LogP) is 2.82. The predicted molar refractivity (Wildman–Crippen MR) is 88.0 cm³/mol. The Bertz CT molecular complexity index is 557. The summed E-state index contributed by atoms with van der Waals surface area (Å²) in [5, 5.41) is 14.5. The molecule has 1 N–H and O–H groups in total. The summed E-state index contributed by atoms with van der Waals surface area (Å²) in [6.07, 6.45) is 1.87. The normalized spacial score (nSPS) is 15.8. The molecular formula is C15H20BrN3O3. The Kier molecular flexibility index (Phi) is 5.90. The number of nitrogens with zero attached hydrogens (tertiary/aromatic N) is 2. The van der Waals surface area contributed by atoms with E-state index in [2.05, 4.69) is 28.2 Å². The first-order chi connectivity index (χ1) is 10.5. The van der Waals surface area contributed by atoms with E-state index in [4.69, 9.17) is 0 Å². The largest absolute Gasteiger partial charge is 0.338 e. The van der Waals surface area contributed by atoms with E-state index in [1.54, 1.807) is 11.0 Å². The average molecular weight is 370 g/mol. The van der Waals surface area contributed by atoms with Gasteiger partial charge in [-0.15, -0.1) is 0 Å². The first kappa shape index (κ1) is 16.9. The van der Waals surface area contributed by atoms with Gasteiger partial charge in [-0.05, 0) is 44.0 Å². The van der Waals surface area contributed by atoms with Crippen molar-refractivity contribution >= 4 is 27.5 Å². The second kappa shape index (κ2) is 7.69. The molecule has 0 atom stereocenters. The SMILES string of the molecule is CCNCC1CCN(C(=O)c2ccc(Br)cc2[N+](=O)[O-])CC1. The van der Waals surface area contributed by atoms with Crippen molar-refractivity contribution in [2.24, 2.45) is 5.92 Å². The summed E-state index contributed by atoms with van der Waals surface area (Å²) in [4.78, 5) is 24.9. The standard InChI is InChI=1S/C15H20BrN3O3/c1-2-17-10-11-5-7-18(8-6-11)15(20)13-4-3-12(16)9-14(13)19(21)22/h3-4,9,11,17H,2,5-8,10H2,1H3. The van der Waals surface area contributed by atoms with E-state index < -0.39 is 4.92 Å². The number of rotatable bonds is 5. The molecule has 0 unspecified atom stereocenters. The minimum atomic E-state index is -0.504. The number of hydrogen-bond acceptors (Lipinski definition) is 4. The topological polar surface area (TPSA) is 75.5 Å². The highest BCUT2D eigenvalue weighted by atomic mass is 79.9. The van der Waals surface area contributed by atoms with Crippen molar-refractivity contribution < 1.29 is 9.72 Å². The van der Waals surface area contributed by atoms with Crippen LogP contribution in [0, 0.1) is 16.0 Å². The molecule has 1 aliphatic rings. The van der Waals surface area contributed by atoms with Gasteiger partial charge in [0.1, 0.15) is 5.56 Å². The number of nitrogens with one attached hydrogen (secondary N) is 1. The number of carbonyl (C=O) groups is 1. The van der Waals surface area contributed by atoms with Crippen molar-refractivity contribution in [3.8, 4) is 0 Å². The van der Waals surface area contributed by atoms with E-state index in [1.165, 1.54) is 12.1 Å². The number of piperidine rings is 1. The molecule has 6 nitrogen and oxygen atoms in total. The lowest BCUT2D eigenvalue weighted by Crippen LogP contribution is -2.41. The molecule has 0 bridgehead atoms. The van der Waals surface area contributed by atoms with Crippen LogP contribution in [0.4, 0.5) is 5.69 Å². The van der Waals surface area contributed by atoms with Crippen molar-refractivity contribution in [1.29, 1.82) is 0 Å². The highest BCUT2D eigenvalue weighted by Gasteiger charge is 2.28. The maximum Gasteiger partial charge on any atom is 0.283 e. The number of benzene rings is 1. The minimum Gasteiger partial charge on any atom is -0.338 e. The van der Waals surface area contributed by atoms with E-state index >= 15 is 0 Å². The molecule has 1 saturated heterocycles. The van der Waals surface area contributed by atoms with Crippen LogP contribution >= 0.6 is 15.9 Å². The molecule has 0 spiro atoms. The zero-order chi connectivity index (χ0) is 16.1. The summed E-state index contributed by atoms with van der Waals surface area (Å²) in [6, 6.07) is 4.57. The molecule has 0 radical (unpaired) electrons. The van der Waals surface area contributed by atoms with Crippen LogP contribution in [0.5, 0.6) is 0 Å². The fourth-order valence-corrected chi connectivity index (χ4v) is 3.04. The molecule has 2 rings (SSSR count). The lowest BCUT2D eigenvalue weighted by Gasteiger charge is -2.32. The first-order valence-corrected chi connectivity index (χ1v) is 8.26. The molecule has 0 saturated carbocycles. The number of hydrogen-bond donors (Lipinski definition) is 1. The zero-order valence-corrected chi connectivity index (χ0v) is 14.1. The summed E-state index contributed by atoms with van der Waals surface area (Å²) in [6.45, 7) is 5.30. The van der Waals surface area contributed by atoms with E-state index in [0.717, 1.165) is 25.9 Å². The van der Waals surface area contributed by atoms with Gasteiger partial charge in [0.05, 0.1) is 4.92 Å². The fourth-order valence-electron chi connectivity index (χ4n) is 2.70. The van der Waals surface area contributed by atoms with Gasteiger partial charge in [0, 0.05) is 23.6 Å². The quantitative estimate of drug-likeness (QED) is 0.639. The maximum absolute atomic E-state index is 12.5. The van der Waals surface area contributed by atoms with E-state index in [-0.39, 0.29) is 17.2 Å². The van der Waals surface area contributed by atoms with Crippen molar-refractivity contribution in [2.75, 3.05) is 26.2 Å². The van der Waals surface area contributed by atoms with Gasteiger partial charge in [0.2, 0.25) is 0 Å². The van der Waals surface area contributed by atoms with Crippen LogP contribution in [0.25, 0.3) is 0 Å². The Labute approximate surface area is 138 Å². The second-order valence-electron chi connectivity index (χ2n) is 5.46. The number of halogens is 1. The molecule has 1 aromatic carbocycles. The summed E-state index contributed by atoms with van der Waals surface area (Å²) in [7, 11) is 0. The smallest absolute Gasteiger partial charge is 0.283 e. The molecule has 7 heteroatoms. The number of amides is 1. The van der Waals surface area contributed by atoms with E-state index in [9.17, 15) is 14.9 Å². The Morgan fingerprint density at radius 2 is 2.14 bits per heavy atom. The van der Waals surface area contributed by atoms with Crippen LogP contribution in [0.1, 0.15) is 30.1 Å². The van der Waals surface area contributed by atoms with Crippen molar-refractivity contribution in [1.82, 2.24) is 10.2 Å². The summed E-state index contributed by atoms with van der Waals surface area (Å²) < 4.78 is 0.597. The lowest BCUT2D eigenvalue weighted by atomic mass is 9.96. The van der Waals surface area contributed by atoms with Crippen LogP contribution in [-0.4, -0.2) is 41.9 Å². The molecule has 1 amide bonds. The average Bonchev–Trinajstić information content (AvgIpc) is 2.52. The molecule has 0 aliphatic carbocycles.